The maximum absolute atomic E-state index is 13.4. The summed E-state index contributed by atoms with van der Waals surface area (Å²) in [5.74, 6) is 0.437. The first-order chi connectivity index (χ1) is 15.5. The summed E-state index contributed by atoms with van der Waals surface area (Å²) in [5.41, 5.74) is 3.87. The van der Waals surface area contributed by atoms with Crippen molar-refractivity contribution in [2.75, 3.05) is 0 Å². The number of rotatable bonds is 4. The summed E-state index contributed by atoms with van der Waals surface area (Å²) in [5, 5.41) is 12.6. The summed E-state index contributed by atoms with van der Waals surface area (Å²) >= 11 is 0. The lowest BCUT2D eigenvalue weighted by Crippen LogP contribution is -2.22. The summed E-state index contributed by atoms with van der Waals surface area (Å²) in [6.07, 6.45) is 3.74. The largest absolute Gasteiger partial charge is 0.358 e. The van der Waals surface area contributed by atoms with E-state index < -0.39 is 4.92 Å². The third-order valence-electron chi connectivity index (χ3n) is 5.46. The number of non-ortho nitro benzene ring substituents is 1. The van der Waals surface area contributed by atoms with Gasteiger partial charge in [-0.15, -0.1) is 0 Å². The van der Waals surface area contributed by atoms with Crippen molar-refractivity contribution in [2.24, 2.45) is 0 Å². The second-order valence-electron chi connectivity index (χ2n) is 7.44. The molecule has 2 heterocycles. The lowest BCUT2D eigenvalue weighted by atomic mass is 10.1. The first-order valence-electron chi connectivity index (χ1n) is 10.0. The van der Waals surface area contributed by atoms with Crippen LogP contribution in [-0.2, 0) is 0 Å². The normalized spacial score (nSPS) is 11.5. The molecule has 7 heteroatoms. The van der Waals surface area contributed by atoms with Crippen molar-refractivity contribution >= 4 is 39.6 Å². The van der Waals surface area contributed by atoms with E-state index in [0.29, 0.717) is 22.4 Å². The molecular formula is C25H18N4O3. The number of aromatic nitrogens is 3. The molecule has 0 fully saturated rings. The number of nitro groups is 1. The molecule has 5 aromatic rings. The van der Waals surface area contributed by atoms with Crippen LogP contribution in [0.1, 0.15) is 17.1 Å². The molecule has 0 aliphatic carbocycles. The Kier molecular flexibility index (Phi) is 4.63. The van der Waals surface area contributed by atoms with Crippen LogP contribution in [-0.4, -0.2) is 19.5 Å². The Morgan fingerprint density at radius 3 is 2.38 bits per heavy atom. The quantitative estimate of drug-likeness (QED) is 0.316. The second kappa shape index (κ2) is 7.63. The van der Waals surface area contributed by atoms with Crippen LogP contribution in [0.2, 0.25) is 0 Å². The van der Waals surface area contributed by atoms with Crippen LogP contribution >= 0.6 is 0 Å². The predicted octanol–water partition coefficient (Wildman–Crippen LogP) is 5.25. The SMILES string of the molecule is Cc1[nH]c2ccccc2c1/C=C/c1nc2ccccc2c(=O)n1-c1ccc([N+](=O)[O-])cc1. The van der Waals surface area contributed by atoms with Gasteiger partial charge in [0.15, 0.2) is 0 Å². The van der Waals surface area contributed by atoms with E-state index in [9.17, 15) is 14.9 Å². The lowest BCUT2D eigenvalue weighted by molar-refractivity contribution is -0.384. The van der Waals surface area contributed by atoms with Crippen LogP contribution < -0.4 is 5.56 Å². The molecule has 32 heavy (non-hydrogen) atoms. The Balaban J connectivity index is 1.72. The molecule has 0 saturated carbocycles. The van der Waals surface area contributed by atoms with E-state index in [1.807, 2.05) is 43.3 Å². The molecule has 7 nitrogen and oxygen atoms in total. The van der Waals surface area contributed by atoms with E-state index in [1.54, 1.807) is 36.4 Å². The van der Waals surface area contributed by atoms with Gasteiger partial charge in [-0.1, -0.05) is 30.3 Å². The zero-order valence-corrected chi connectivity index (χ0v) is 17.1. The van der Waals surface area contributed by atoms with Gasteiger partial charge in [0, 0.05) is 34.3 Å². The van der Waals surface area contributed by atoms with Gasteiger partial charge < -0.3 is 4.98 Å². The fourth-order valence-electron chi connectivity index (χ4n) is 3.91. The van der Waals surface area contributed by atoms with Crippen LogP contribution in [0.5, 0.6) is 0 Å². The van der Waals surface area contributed by atoms with Gasteiger partial charge in [-0.2, -0.15) is 0 Å². The number of hydrogen-bond acceptors (Lipinski definition) is 4. The van der Waals surface area contributed by atoms with Crippen LogP contribution in [0.3, 0.4) is 0 Å². The highest BCUT2D eigenvalue weighted by Gasteiger charge is 2.13. The van der Waals surface area contributed by atoms with Crippen molar-refractivity contribution in [3.8, 4) is 5.69 Å². The predicted molar refractivity (Wildman–Crippen MR) is 126 cm³/mol. The molecule has 0 saturated heterocycles. The smallest absolute Gasteiger partial charge is 0.269 e. The fourth-order valence-corrected chi connectivity index (χ4v) is 3.91. The number of nitro benzene ring substituents is 1. The van der Waals surface area contributed by atoms with E-state index in [4.69, 9.17) is 4.98 Å². The van der Waals surface area contributed by atoms with Crippen molar-refractivity contribution in [2.45, 2.75) is 6.92 Å². The highest BCUT2D eigenvalue weighted by atomic mass is 16.6. The number of aromatic amines is 1. The molecule has 0 bridgehead atoms. The summed E-state index contributed by atoms with van der Waals surface area (Å²) in [4.78, 5) is 32.0. The summed E-state index contributed by atoms with van der Waals surface area (Å²) in [6.45, 7) is 2.00. The van der Waals surface area contributed by atoms with Crippen molar-refractivity contribution in [1.82, 2.24) is 14.5 Å². The van der Waals surface area contributed by atoms with Crippen LogP contribution in [0.15, 0.2) is 77.6 Å². The molecule has 0 aliphatic heterocycles. The monoisotopic (exact) mass is 422 g/mol. The van der Waals surface area contributed by atoms with E-state index in [2.05, 4.69) is 4.98 Å². The standard InChI is InChI=1S/C25H18N4O3/c1-16-19(20-6-2-4-8-22(20)26-16)14-15-24-27-23-9-5-3-7-21(23)25(30)28(24)17-10-12-18(13-11-17)29(31)32/h2-15,26H,1H3/b15-14+. The highest BCUT2D eigenvalue weighted by molar-refractivity contribution is 5.93. The molecule has 0 aliphatic rings. The number of H-pyrrole nitrogens is 1. The molecule has 0 radical (unpaired) electrons. The average Bonchev–Trinajstić information content (AvgIpc) is 3.13. The Hall–Kier alpha value is -4.52. The Bertz CT molecular complexity index is 1580. The highest BCUT2D eigenvalue weighted by Crippen LogP contribution is 2.24. The minimum Gasteiger partial charge on any atom is -0.358 e. The van der Waals surface area contributed by atoms with E-state index in [1.165, 1.54) is 16.7 Å². The van der Waals surface area contributed by atoms with Crippen molar-refractivity contribution in [1.29, 1.82) is 0 Å². The molecule has 2 aromatic heterocycles. The molecule has 0 spiro atoms. The Morgan fingerprint density at radius 1 is 0.938 bits per heavy atom. The molecule has 3 aromatic carbocycles. The lowest BCUT2D eigenvalue weighted by Gasteiger charge is -2.11. The third-order valence-corrected chi connectivity index (χ3v) is 5.46. The summed E-state index contributed by atoms with van der Waals surface area (Å²) in [7, 11) is 0. The molecule has 1 N–H and O–H groups in total. The van der Waals surface area contributed by atoms with E-state index in [-0.39, 0.29) is 11.2 Å². The van der Waals surface area contributed by atoms with Gasteiger partial charge in [0.25, 0.3) is 11.2 Å². The minimum atomic E-state index is -0.466. The van der Waals surface area contributed by atoms with E-state index >= 15 is 0 Å². The molecular weight excluding hydrogens is 404 g/mol. The van der Waals surface area contributed by atoms with Gasteiger partial charge in [0.1, 0.15) is 5.82 Å². The van der Waals surface area contributed by atoms with Crippen molar-refractivity contribution in [3.05, 3.63) is 110 Å². The van der Waals surface area contributed by atoms with Crippen LogP contribution in [0.25, 0.3) is 39.6 Å². The van der Waals surface area contributed by atoms with Gasteiger partial charge in [-0.3, -0.25) is 19.5 Å². The average molecular weight is 422 g/mol. The number of nitrogens with one attached hydrogen (secondary N) is 1. The van der Waals surface area contributed by atoms with Gasteiger partial charge in [0.2, 0.25) is 0 Å². The maximum Gasteiger partial charge on any atom is 0.269 e. The number of fused-ring (bicyclic) bond motifs is 2. The molecule has 0 atom stereocenters. The minimum absolute atomic E-state index is 0.0398. The third kappa shape index (κ3) is 3.26. The fraction of sp³-hybridized carbons (Fsp3) is 0.0400. The zero-order chi connectivity index (χ0) is 22.2. The number of nitrogens with zero attached hydrogens (tertiary/aromatic N) is 3. The number of benzene rings is 3. The molecule has 156 valence electrons. The van der Waals surface area contributed by atoms with Crippen LogP contribution in [0, 0.1) is 17.0 Å². The number of aryl methyl sites for hydroxylation is 1. The molecule has 0 amide bonds. The van der Waals surface area contributed by atoms with Gasteiger partial charge >= 0.3 is 0 Å². The zero-order valence-electron chi connectivity index (χ0n) is 17.1. The number of hydrogen-bond donors (Lipinski definition) is 1. The Morgan fingerprint density at radius 2 is 1.62 bits per heavy atom. The topological polar surface area (TPSA) is 93.8 Å². The van der Waals surface area contributed by atoms with Crippen molar-refractivity contribution < 1.29 is 4.92 Å². The maximum atomic E-state index is 13.4. The summed E-state index contributed by atoms with van der Waals surface area (Å²) < 4.78 is 1.48. The Labute approximate surface area is 182 Å². The van der Waals surface area contributed by atoms with Gasteiger partial charge in [0.05, 0.1) is 21.5 Å². The number of para-hydroxylation sites is 2. The molecule has 0 unspecified atom stereocenters. The molecule has 5 rings (SSSR count). The van der Waals surface area contributed by atoms with Gasteiger partial charge in [-0.05, 0) is 49.4 Å². The first-order valence-corrected chi connectivity index (χ1v) is 10.0. The van der Waals surface area contributed by atoms with Crippen molar-refractivity contribution in [3.63, 3.8) is 0 Å². The van der Waals surface area contributed by atoms with Gasteiger partial charge in [-0.25, -0.2) is 4.98 Å². The second-order valence-corrected chi connectivity index (χ2v) is 7.44. The summed E-state index contributed by atoms with van der Waals surface area (Å²) in [6, 6.07) is 21.0. The van der Waals surface area contributed by atoms with Crippen LogP contribution in [0.4, 0.5) is 5.69 Å². The van der Waals surface area contributed by atoms with E-state index in [0.717, 1.165) is 22.2 Å². The first kappa shape index (κ1) is 19.4.